The Bertz CT molecular complexity index is 460. The normalized spacial score (nSPS) is 16.4. The van der Waals surface area contributed by atoms with Gasteiger partial charge in [-0.3, -0.25) is 0 Å². The first-order valence-electron chi connectivity index (χ1n) is 6.69. The summed E-state index contributed by atoms with van der Waals surface area (Å²) >= 11 is 3.30. The van der Waals surface area contributed by atoms with Gasteiger partial charge < -0.3 is 15.7 Å². The SMILES string of the molecule is I.NC(=NCc1ccc(O)c(Br)c1)N1CCCCCC1. The molecular formula is C14H21BrIN3O. The third-order valence-corrected chi connectivity index (χ3v) is 4.00. The number of nitrogens with two attached hydrogens (primary N) is 1. The number of phenolic OH excluding ortho intramolecular Hbond substituents is 1. The Balaban J connectivity index is 0.00000200. The predicted octanol–water partition coefficient (Wildman–Crippen LogP) is 3.46. The molecule has 0 atom stereocenters. The van der Waals surface area contributed by atoms with Gasteiger partial charge in [-0.05, 0) is 46.5 Å². The summed E-state index contributed by atoms with van der Waals surface area (Å²) in [6.45, 7) is 2.56. The van der Waals surface area contributed by atoms with E-state index in [1.165, 1.54) is 25.7 Å². The second-order valence-corrected chi connectivity index (χ2v) is 5.72. The number of hydrogen-bond acceptors (Lipinski definition) is 2. The first-order valence-corrected chi connectivity index (χ1v) is 7.48. The van der Waals surface area contributed by atoms with E-state index in [1.54, 1.807) is 6.07 Å². The highest BCUT2D eigenvalue weighted by Crippen LogP contribution is 2.24. The molecule has 6 heteroatoms. The third-order valence-electron chi connectivity index (χ3n) is 3.37. The molecule has 1 saturated heterocycles. The fraction of sp³-hybridized carbons (Fsp3) is 0.500. The van der Waals surface area contributed by atoms with E-state index in [4.69, 9.17) is 5.73 Å². The molecule has 20 heavy (non-hydrogen) atoms. The quantitative estimate of drug-likeness (QED) is 0.409. The van der Waals surface area contributed by atoms with Gasteiger partial charge in [0.05, 0.1) is 11.0 Å². The minimum atomic E-state index is 0. The van der Waals surface area contributed by atoms with E-state index in [2.05, 4.69) is 25.8 Å². The minimum Gasteiger partial charge on any atom is -0.507 e. The summed E-state index contributed by atoms with van der Waals surface area (Å²) in [4.78, 5) is 6.62. The molecule has 3 N–H and O–H groups in total. The van der Waals surface area contributed by atoms with Crippen molar-refractivity contribution in [3.63, 3.8) is 0 Å². The van der Waals surface area contributed by atoms with Crippen molar-refractivity contribution < 1.29 is 5.11 Å². The van der Waals surface area contributed by atoms with Gasteiger partial charge in [-0.25, -0.2) is 4.99 Å². The predicted molar refractivity (Wildman–Crippen MR) is 96.6 cm³/mol. The number of nitrogens with zero attached hydrogens (tertiary/aromatic N) is 2. The molecule has 0 spiro atoms. The van der Waals surface area contributed by atoms with Gasteiger partial charge in [0.25, 0.3) is 0 Å². The summed E-state index contributed by atoms with van der Waals surface area (Å²) < 4.78 is 0.688. The van der Waals surface area contributed by atoms with Gasteiger partial charge in [-0.1, -0.05) is 18.9 Å². The lowest BCUT2D eigenvalue weighted by Crippen LogP contribution is -2.38. The number of halogens is 2. The molecule has 1 fully saturated rings. The number of guanidine groups is 1. The van der Waals surface area contributed by atoms with E-state index in [9.17, 15) is 5.11 Å². The Hall–Kier alpha value is -0.500. The zero-order valence-electron chi connectivity index (χ0n) is 11.4. The molecule has 2 rings (SSSR count). The molecule has 1 heterocycles. The Labute approximate surface area is 145 Å². The summed E-state index contributed by atoms with van der Waals surface area (Å²) in [7, 11) is 0. The summed E-state index contributed by atoms with van der Waals surface area (Å²) in [5, 5.41) is 9.44. The Morgan fingerprint density at radius 3 is 2.50 bits per heavy atom. The summed E-state index contributed by atoms with van der Waals surface area (Å²) in [6, 6.07) is 5.39. The van der Waals surface area contributed by atoms with E-state index in [-0.39, 0.29) is 29.7 Å². The van der Waals surface area contributed by atoms with Crippen LogP contribution in [0.15, 0.2) is 27.7 Å². The number of benzene rings is 1. The van der Waals surface area contributed by atoms with Crippen molar-refractivity contribution in [3.8, 4) is 5.75 Å². The van der Waals surface area contributed by atoms with Gasteiger partial charge in [0.1, 0.15) is 5.75 Å². The summed E-state index contributed by atoms with van der Waals surface area (Å²) in [5.41, 5.74) is 7.08. The summed E-state index contributed by atoms with van der Waals surface area (Å²) in [6.07, 6.45) is 4.96. The Morgan fingerprint density at radius 2 is 1.90 bits per heavy atom. The molecule has 0 radical (unpaired) electrons. The number of hydrogen-bond donors (Lipinski definition) is 2. The molecule has 0 bridgehead atoms. The lowest BCUT2D eigenvalue weighted by atomic mass is 10.2. The zero-order chi connectivity index (χ0) is 13.7. The highest BCUT2D eigenvalue weighted by Gasteiger charge is 2.10. The van der Waals surface area contributed by atoms with Gasteiger partial charge >= 0.3 is 0 Å². The van der Waals surface area contributed by atoms with Crippen LogP contribution in [0, 0.1) is 0 Å². The molecule has 1 aromatic carbocycles. The molecule has 0 unspecified atom stereocenters. The van der Waals surface area contributed by atoms with Crippen LogP contribution in [-0.2, 0) is 6.54 Å². The monoisotopic (exact) mass is 453 g/mol. The van der Waals surface area contributed by atoms with Crippen LogP contribution < -0.4 is 5.73 Å². The fourth-order valence-corrected chi connectivity index (χ4v) is 2.65. The van der Waals surface area contributed by atoms with Crippen molar-refractivity contribution in [2.75, 3.05) is 13.1 Å². The summed E-state index contributed by atoms with van der Waals surface area (Å²) in [5.74, 6) is 0.874. The molecule has 0 saturated carbocycles. The molecule has 1 aromatic rings. The van der Waals surface area contributed by atoms with E-state index in [0.29, 0.717) is 17.0 Å². The van der Waals surface area contributed by atoms with Crippen LogP contribution in [0.25, 0.3) is 0 Å². The highest BCUT2D eigenvalue weighted by atomic mass is 127. The van der Waals surface area contributed by atoms with Crippen LogP contribution in [0.3, 0.4) is 0 Å². The fourth-order valence-electron chi connectivity index (χ4n) is 2.22. The van der Waals surface area contributed by atoms with Gasteiger partial charge in [-0.2, -0.15) is 0 Å². The molecule has 4 nitrogen and oxygen atoms in total. The van der Waals surface area contributed by atoms with Crippen LogP contribution >= 0.6 is 39.9 Å². The van der Waals surface area contributed by atoms with Crippen molar-refractivity contribution in [2.45, 2.75) is 32.2 Å². The maximum absolute atomic E-state index is 9.44. The highest BCUT2D eigenvalue weighted by molar-refractivity contribution is 14.0. The largest absolute Gasteiger partial charge is 0.507 e. The molecule has 0 amide bonds. The standard InChI is InChI=1S/C14H20BrN3O.HI/c15-12-9-11(5-6-13(12)19)10-17-14(16)18-7-3-1-2-4-8-18;/h5-6,9,19H,1-4,7-8,10H2,(H2,16,17);1H. The number of phenols is 1. The van der Waals surface area contributed by atoms with Crippen LogP contribution in [0.4, 0.5) is 0 Å². The molecular weight excluding hydrogens is 433 g/mol. The van der Waals surface area contributed by atoms with E-state index < -0.39 is 0 Å². The van der Waals surface area contributed by atoms with Gasteiger partial charge in [-0.15, -0.1) is 24.0 Å². The molecule has 1 aliphatic heterocycles. The van der Waals surface area contributed by atoms with Gasteiger partial charge in [0, 0.05) is 13.1 Å². The van der Waals surface area contributed by atoms with Crippen molar-refractivity contribution in [3.05, 3.63) is 28.2 Å². The topological polar surface area (TPSA) is 61.9 Å². The molecule has 0 aromatic heterocycles. The first-order chi connectivity index (χ1) is 9.16. The van der Waals surface area contributed by atoms with Gasteiger partial charge in [0.2, 0.25) is 0 Å². The average Bonchev–Trinajstić information content (AvgIpc) is 2.69. The smallest absolute Gasteiger partial charge is 0.191 e. The third kappa shape index (κ3) is 5.12. The number of rotatable bonds is 2. The van der Waals surface area contributed by atoms with Crippen molar-refractivity contribution in [1.29, 1.82) is 0 Å². The first kappa shape index (κ1) is 17.6. The minimum absolute atomic E-state index is 0. The average molecular weight is 454 g/mol. The van der Waals surface area contributed by atoms with E-state index in [1.807, 2.05) is 12.1 Å². The maximum Gasteiger partial charge on any atom is 0.191 e. The maximum atomic E-state index is 9.44. The van der Waals surface area contributed by atoms with Crippen molar-refractivity contribution in [1.82, 2.24) is 4.90 Å². The van der Waals surface area contributed by atoms with Crippen LogP contribution in [0.5, 0.6) is 5.75 Å². The Morgan fingerprint density at radius 1 is 1.25 bits per heavy atom. The van der Waals surface area contributed by atoms with Crippen molar-refractivity contribution >= 4 is 45.9 Å². The second-order valence-electron chi connectivity index (χ2n) is 4.86. The second kappa shape index (κ2) is 8.71. The molecule has 112 valence electrons. The van der Waals surface area contributed by atoms with E-state index in [0.717, 1.165) is 18.7 Å². The van der Waals surface area contributed by atoms with Crippen LogP contribution in [-0.4, -0.2) is 29.1 Å². The van der Waals surface area contributed by atoms with Gasteiger partial charge in [0.15, 0.2) is 5.96 Å². The van der Waals surface area contributed by atoms with E-state index >= 15 is 0 Å². The van der Waals surface area contributed by atoms with Crippen LogP contribution in [0.1, 0.15) is 31.2 Å². The number of aromatic hydroxyl groups is 1. The lowest BCUT2D eigenvalue weighted by Gasteiger charge is -2.21. The van der Waals surface area contributed by atoms with Crippen molar-refractivity contribution in [2.24, 2.45) is 10.7 Å². The zero-order valence-corrected chi connectivity index (χ0v) is 15.3. The Kier molecular flexibility index (Phi) is 7.65. The number of aliphatic imine (C=N–C) groups is 1. The molecule has 1 aliphatic rings. The van der Waals surface area contributed by atoms with Crippen LogP contribution in [0.2, 0.25) is 0 Å². The number of likely N-dealkylation sites (tertiary alicyclic amines) is 1. The lowest BCUT2D eigenvalue weighted by molar-refractivity contribution is 0.428. The molecule has 0 aliphatic carbocycles.